The second-order valence-corrected chi connectivity index (χ2v) is 3.99. The molecule has 90 valence electrons. The third kappa shape index (κ3) is 1.56. The Labute approximate surface area is 104 Å². The number of H-pyrrole nitrogens is 2. The normalized spacial score (nSPS) is 11.0. The molecule has 0 aliphatic carbocycles. The van der Waals surface area contributed by atoms with Crippen molar-refractivity contribution in [3.05, 3.63) is 39.4 Å². The molecule has 18 heavy (non-hydrogen) atoms. The lowest BCUT2D eigenvalue weighted by atomic mass is 10.1. The van der Waals surface area contributed by atoms with Crippen molar-refractivity contribution in [3.63, 3.8) is 0 Å². The van der Waals surface area contributed by atoms with E-state index in [1.165, 1.54) is 12.3 Å². The lowest BCUT2D eigenvalue weighted by Crippen LogP contribution is -2.07. The van der Waals surface area contributed by atoms with Gasteiger partial charge in [-0.15, -0.1) is 10.2 Å². The van der Waals surface area contributed by atoms with Crippen LogP contribution in [0.1, 0.15) is 0 Å². The van der Waals surface area contributed by atoms with Gasteiger partial charge in [0.05, 0.1) is 16.1 Å². The molecular formula is C10H5ClFN5O. The number of rotatable bonds is 1. The molecule has 1 aromatic carbocycles. The average molecular weight is 266 g/mol. The summed E-state index contributed by atoms with van der Waals surface area (Å²) in [7, 11) is 0. The molecule has 0 fully saturated rings. The molecule has 3 rings (SSSR count). The van der Waals surface area contributed by atoms with E-state index in [0.717, 1.165) is 6.07 Å². The molecule has 2 N–H and O–H groups in total. The summed E-state index contributed by atoms with van der Waals surface area (Å²) >= 11 is 5.64. The molecule has 8 heteroatoms. The second kappa shape index (κ2) is 3.88. The van der Waals surface area contributed by atoms with Crippen LogP contribution in [0.25, 0.3) is 22.3 Å². The number of hydrogen-bond donors (Lipinski definition) is 2. The van der Waals surface area contributed by atoms with Crippen molar-refractivity contribution >= 4 is 22.5 Å². The van der Waals surface area contributed by atoms with Gasteiger partial charge in [-0.05, 0) is 17.3 Å². The van der Waals surface area contributed by atoms with Gasteiger partial charge in [-0.1, -0.05) is 11.6 Å². The van der Waals surface area contributed by atoms with Crippen LogP contribution in [0, 0.1) is 5.82 Å². The smallest absolute Gasteiger partial charge is 0.210 e. The first-order valence-electron chi connectivity index (χ1n) is 4.91. The minimum absolute atomic E-state index is 0.0505. The zero-order valence-electron chi connectivity index (χ0n) is 8.74. The Bertz CT molecular complexity index is 783. The molecule has 0 aliphatic heterocycles. The molecular weight excluding hydrogens is 261 g/mol. The quantitative estimate of drug-likeness (QED) is 0.698. The summed E-state index contributed by atoms with van der Waals surface area (Å²) in [6.45, 7) is 0. The predicted octanol–water partition coefficient (Wildman–Crippen LogP) is 1.50. The van der Waals surface area contributed by atoms with Gasteiger partial charge in [0.1, 0.15) is 5.82 Å². The monoisotopic (exact) mass is 265 g/mol. The van der Waals surface area contributed by atoms with Crippen molar-refractivity contribution in [2.45, 2.75) is 0 Å². The first-order valence-corrected chi connectivity index (χ1v) is 5.29. The zero-order valence-corrected chi connectivity index (χ0v) is 9.49. The molecule has 0 amide bonds. The Morgan fingerprint density at radius 3 is 2.89 bits per heavy atom. The van der Waals surface area contributed by atoms with Gasteiger partial charge in [-0.3, -0.25) is 4.79 Å². The number of pyridine rings is 1. The molecule has 0 radical (unpaired) electrons. The molecule has 6 nitrogen and oxygen atoms in total. The van der Waals surface area contributed by atoms with Gasteiger partial charge < -0.3 is 4.98 Å². The minimum Gasteiger partial charge on any atom is -0.360 e. The van der Waals surface area contributed by atoms with Gasteiger partial charge >= 0.3 is 0 Å². The summed E-state index contributed by atoms with van der Waals surface area (Å²) < 4.78 is 13.4. The van der Waals surface area contributed by atoms with Crippen molar-refractivity contribution in [2.75, 3.05) is 0 Å². The van der Waals surface area contributed by atoms with E-state index in [4.69, 9.17) is 11.6 Å². The van der Waals surface area contributed by atoms with E-state index in [9.17, 15) is 9.18 Å². The number of nitrogens with one attached hydrogen (secondary N) is 2. The van der Waals surface area contributed by atoms with Crippen molar-refractivity contribution in [2.24, 2.45) is 0 Å². The molecule has 0 spiro atoms. The molecule has 0 saturated carbocycles. The number of aromatic nitrogens is 5. The van der Waals surface area contributed by atoms with Gasteiger partial charge in [0.25, 0.3) is 0 Å². The van der Waals surface area contributed by atoms with Crippen LogP contribution in [0.4, 0.5) is 4.39 Å². The number of hydrogen-bond acceptors (Lipinski definition) is 4. The van der Waals surface area contributed by atoms with Crippen LogP contribution < -0.4 is 5.43 Å². The Morgan fingerprint density at radius 2 is 2.17 bits per heavy atom. The molecule has 0 unspecified atom stereocenters. The highest BCUT2D eigenvalue weighted by Gasteiger charge is 2.12. The molecule has 2 heterocycles. The fourth-order valence-corrected chi connectivity index (χ4v) is 1.82. The molecule has 0 atom stereocenters. The van der Waals surface area contributed by atoms with Crippen molar-refractivity contribution in [1.29, 1.82) is 0 Å². The molecule has 0 aliphatic rings. The topological polar surface area (TPSA) is 87.3 Å². The van der Waals surface area contributed by atoms with Crippen LogP contribution in [0.3, 0.4) is 0 Å². The number of tetrazole rings is 1. The summed E-state index contributed by atoms with van der Waals surface area (Å²) in [6.07, 6.45) is 1.43. The number of nitrogens with zero attached hydrogens (tertiary/aromatic N) is 3. The highest BCUT2D eigenvalue weighted by molar-refractivity contribution is 6.31. The SMILES string of the molecule is O=c1c(-c2nn[nH]n2)c[nH]c2cc(Cl)c(F)cc12. The van der Waals surface area contributed by atoms with Crippen LogP contribution >= 0.6 is 11.6 Å². The first-order chi connectivity index (χ1) is 8.66. The van der Waals surface area contributed by atoms with E-state index in [1.54, 1.807) is 0 Å². The number of halogens is 2. The Kier molecular flexibility index (Phi) is 2.34. The van der Waals surface area contributed by atoms with E-state index in [1.807, 2.05) is 0 Å². The largest absolute Gasteiger partial charge is 0.360 e. The van der Waals surface area contributed by atoms with E-state index in [-0.39, 0.29) is 27.2 Å². The van der Waals surface area contributed by atoms with E-state index in [2.05, 4.69) is 25.6 Å². The Morgan fingerprint density at radius 1 is 1.33 bits per heavy atom. The van der Waals surface area contributed by atoms with Gasteiger partial charge in [0, 0.05) is 11.6 Å². The van der Waals surface area contributed by atoms with Gasteiger partial charge in [0.15, 0.2) is 0 Å². The fraction of sp³-hybridized carbons (Fsp3) is 0. The van der Waals surface area contributed by atoms with Gasteiger partial charge in [-0.2, -0.15) is 5.21 Å². The maximum Gasteiger partial charge on any atom is 0.210 e. The van der Waals surface area contributed by atoms with Crippen LogP contribution in [0.2, 0.25) is 5.02 Å². The van der Waals surface area contributed by atoms with Crippen LogP contribution in [0.15, 0.2) is 23.1 Å². The van der Waals surface area contributed by atoms with Crippen molar-refractivity contribution in [3.8, 4) is 11.4 Å². The lowest BCUT2D eigenvalue weighted by molar-refractivity contribution is 0.630. The highest BCUT2D eigenvalue weighted by Crippen LogP contribution is 2.20. The molecule has 3 aromatic rings. The molecule has 2 aromatic heterocycles. The number of aromatic amines is 2. The zero-order chi connectivity index (χ0) is 12.7. The summed E-state index contributed by atoms with van der Waals surface area (Å²) in [5.41, 5.74) is 0.261. The third-order valence-electron chi connectivity index (χ3n) is 2.51. The fourth-order valence-electron chi connectivity index (χ4n) is 1.66. The van der Waals surface area contributed by atoms with E-state index >= 15 is 0 Å². The number of benzene rings is 1. The summed E-state index contributed by atoms with van der Waals surface area (Å²) in [5.74, 6) is -0.506. The molecule has 0 bridgehead atoms. The third-order valence-corrected chi connectivity index (χ3v) is 2.80. The van der Waals surface area contributed by atoms with Crippen LogP contribution in [-0.2, 0) is 0 Å². The molecule has 0 saturated heterocycles. The number of fused-ring (bicyclic) bond motifs is 1. The van der Waals surface area contributed by atoms with Crippen LogP contribution in [-0.4, -0.2) is 25.6 Å². The maximum atomic E-state index is 13.4. The Balaban J connectivity index is 2.36. The standard InChI is InChI=1S/C10H5ClFN5O/c11-6-2-8-4(1-7(6)12)9(18)5(3-13-8)10-14-16-17-15-10/h1-3H,(H,13,18)(H,14,15,16,17). The van der Waals surface area contributed by atoms with Gasteiger partial charge in [-0.25, -0.2) is 4.39 Å². The van der Waals surface area contributed by atoms with Gasteiger partial charge in [0.2, 0.25) is 11.3 Å². The second-order valence-electron chi connectivity index (χ2n) is 3.58. The van der Waals surface area contributed by atoms with E-state index in [0.29, 0.717) is 5.52 Å². The summed E-state index contributed by atoms with van der Waals surface area (Å²) in [5, 5.41) is 13.2. The lowest BCUT2D eigenvalue weighted by Gasteiger charge is -2.01. The first kappa shape index (κ1) is 10.8. The maximum absolute atomic E-state index is 13.4. The minimum atomic E-state index is -0.653. The van der Waals surface area contributed by atoms with Crippen molar-refractivity contribution in [1.82, 2.24) is 25.6 Å². The van der Waals surface area contributed by atoms with Crippen LogP contribution in [0.5, 0.6) is 0 Å². The summed E-state index contributed by atoms with van der Waals surface area (Å²) in [4.78, 5) is 15.0. The predicted molar refractivity (Wildman–Crippen MR) is 62.7 cm³/mol. The average Bonchev–Trinajstić information content (AvgIpc) is 2.86. The van der Waals surface area contributed by atoms with Crippen molar-refractivity contribution < 1.29 is 4.39 Å². The highest BCUT2D eigenvalue weighted by atomic mass is 35.5. The van der Waals surface area contributed by atoms with E-state index < -0.39 is 5.82 Å². The summed E-state index contributed by atoms with van der Waals surface area (Å²) in [6, 6.07) is 2.44. The Hall–Kier alpha value is -2.28.